The Bertz CT molecular complexity index is 357. The van der Waals surface area contributed by atoms with Gasteiger partial charge in [-0.15, -0.1) is 11.8 Å². The number of benzene rings is 1. The number of methoxy groups -OCH3 is 1. The van der Waals surface area contributed by atoms with E-state index in [0.29, 0.717) is 0 Å². The normalized spacial score (nSPS) is 11.9. The lowest BCUT2D eigenvalue weighted by atomic mass is 10.0. The van der Waals surface area contributed by atoms with Crippen molar-refractivity contribution in [3.63, 3.8) is 0 Å². The van der Waals surface area contributed by atoms with Crippen molar-refractivity contribution in [1.29, 1.82) is 5.26 Å². The lowest BCUT2D eigenvalue weighted by molar-refractivity contribution is 0.413. The summed E-state index contributed by atoms with van der Waals surface area (Å²) in [5.41, 5.74) is 1.07. The van der Waals surface area contributed by atoms with Crippen LogP contribution in [-0.2, 0) is 0 Å². The maximum atomic E-state index is 8.84. The molecule has 0 radical (unpaired) electrons. The molecule has 0 aliphatic carbocycles. The third-order valence-corrected chi connectivity index (χ3v) is 2.89. The van der Waals surface area contributed by atoms with Crippen LogP contribution in [0.25, 0.3) is 0 Å². The van der Waals surface area contributed by atoms with Crippen LogP contribution < -0.4 is 4.74 Å². The number of rotatable bonds is 3. The van der Waals surface area contributed by atoms with Crippen LogP contribution in [-0.4, -0.2) is 13.4 Å². The minimum atomic E-state index is -0.0663. The molecule has 74 valence electrons. The van der Waals surface area contributed by atoms with E-state index in [4.69, 9.17) is 10.00 Å². The van der Waals surface area contributed by atoms with Crippen LogP contribution in [0.15, 0.2) is 23.1 Å². The van der Waals surface area contributed by atoms with E-state index in [0.717, 1.165) is 16.2 Å². The summed E-state index contributed by atoms with van der Waals surface area (Å²) in [7, 11) is 1.65. The van der Waals surface area contributed by atoms with Gasteiger partial charge in [0.05, 0.1) is 19.1 Å². The summed E-state index contributed by atoms with van der Waals surface area (Å²) in [4.78, 5) is 1.11. The molecule has 0 heterocycles. The highest BCUT2D eigenvalue weighted by atomic mass is 32.2. The van der Waals surface area contributed by atoms with Gasteiger partial charge in [0.25, 0.3) is 0 Å². The summed E-state index contributed by atoms with van der Waals surface area (Å²) in [6.45, 7) is 1.90. The summed E-state index contributed by atoms with van der Waals surface area (Å²) >= 11 is 1.64. The summed E-state index contributed by atoms with van der Waals surface area (Å²) in [5, 5.41) is 8.84. The highest BCUT2D eigenvalue weighted by molar-refractivity contribution is 7.98. The Kier molecular flexibility index (Phi) is 3.84. The molecule has 0 amide bonds. The first-order valence-corrected chi connectivity index (χ1v) is 5.57. The fourth-order valence-electron chi connectivity index (χ4n) is 1.25. The van der Waals surface area contributed by atoms with Crippen molar-refractivity contribution in [3.8, 4) is 11.8 Å². The average Bonchev–Trinajstić information content (AvgIpc) is 2.27. The van der Waals surface area contributed by atoms with Crippen LogP contribution in [0, 0.1) is 11.3 Å². The Hall–Kier alpha value is -1.14. The first kappa shape index (κ1) is 10.9. The minimum Gasteiger partial charge on any atom is -0.497 e. The van der Waals surface area contributed by atoms with Crippen molar-refractivity contribution in [1.82, 2.24) is 0 Å². The molecule has 0 aliphatic heterocycles. The molecule has 14 heavy (non-hydrogen) atoms. The van der Waals surface area contributed by atoms with Crippen molar-refractivity contribution in [2.45, 2.75) is 17.7 Å². The van der Waals surface area contributed by atoms with Crippen LogP contribution in [0.4, 0.5) is 0 Å². The van der Waals surface area contributed by atoms with Gasteiger partial charge < -0.3 is 4.74 Å². The average molecular weight is 207 g/mol. The monoisotopic (exact) mass is 207 g/mol. The lowest BCUT2D eigenvalue weighted by Gasteiger charge is -2.10. The van der Waals surface area contributed by atoms with Crippen molar-refractivity contribution >= 4 is 11.8 Å². The molecule has 0 aromatic heterocycles. The van der Waals surface area contributed by atoms with Gasteiger partial charge in [-0.2, -0.15) is 5.26 Å². The van der Waals surface area contributed by atoms with Gasteiger partial charge >= 0.3 is 0 Å². The van der Waals surface area contributed by atoms with Crippen molar-refractivity contribution < 1.29 is 4.74 Å². The molecule has 2 nitrogen and oxygen atoms in total. The third-order valence-electron chi connectivity index (χ3n) is 2.10. The number of hydrogen-bond acceptors (Lipinski definition) is 3. The zero-order chi connectivity index (χ0) is 10.6. The second-order valence-electron chi connectivity index (χ2n) is 2.96. The lowest BCUT2D eigenvalue weighted by Crippen LogP contribution is -1.93. The van der Waals surface area contributed by atoms with Gasteiger partial charge in [0, 0.05) is 4.90 Å². The molecule has 0 N–H and O–H groups in total. The zero-order valence-electron chi connectivity index (χ0n) is 8.57. The van der Waals surface area contributed by atoms with Crippen LogP contribution in [0.1, 0.15) is 18.4 Å². The Morgan fingerprint density at radius 2 is 2.21 bits per heavy atom. The standard InChI is InChI=1S/C11H13NOS/c1-8(7-12)10-5-4-9(13-2)6-11(10)14-3/h4-6,8H,1-3H3. The second-order valence-corrected chi connectivity index (χ2v) is 3.81. The van der Waals surface area contributed by atoms with E-state index in [-0.39, 0.29) is 5.92 Å². The summed E-state index contributed by atoms with van der Waals surface area (Å²) in [6.07, 6.45) is 2.00. The molecule has 0 fully saturated rings. The smallest absolute Gasteiger partial charge is 0.119 e. The van der Waals surface area contributed by atoms with E-state index in [1.807, 2.05) is 31.4 Å². The van der Waals surface area contributed by atoms with E-state index >= 15 is 0 Å². The molecule has 0 aliphatic rings. The Morgan fingerprint density at radius 3 is 2.71 bits per heavy atom. The highest BCUT2D eigenvalue weighted by Crippen LogP contribution is 2.30. The van der Waals surface area contributed by atoms with Gasteiger partial charge in [-0.05, 0) is 30.9 Å². The SMILES string of the molecule is COc1ccc(C(C)C#N)c(SC)c1. The number of nitrogens with zero attached hydrogens (tertiary/aromatic N) is 1. The quantitative estimate of drug-likeness (QED) is 0.714. The summed E-state index contributed by atoms with van der Waals surface area (Å²) < 4.78 is 5.13. The van der Waals surface area contributed by atoms with Gasteiger partial charge in [0.15, 0.2) is 0 Å². The van der Waals surface area contributed by atoms with E-state index in [1.54, 1.807) is 18.9 Å². The van der Waals surface area contributed by atoms with Gasteiger partial charge in [-0.3, -0.25) is 0 Å². The van der Waals surface area contributed by atoms with Gasteiger partial charge in [0.1, 0.15) is 5.75 Å². The fraction of sp³-hybridized carbons (Fsp3) is 0.364. The molecule has 0 saturated heterocycles. The van der Waals surface area contributed by atoms with Crippen molar-refractivity contribution in [2.24, 2.45) is 0 Å². The van der Waals surface area contributed by atoms with Crippen molar-refractivity contribution in [3.05, 3.63) is 23.8 Å². The molecule has 0 saturated carbocycles. The van der Waals surface area contributed by atoms with E-state index in [2.05, 4.69) is 6.07 Å². The zero-order valence-corrected chi connectivity index (χ0v) is 9.39. The van der Waals surface area contributed by atoms with E-state index in [1.165, 1.54) is 0 Å². The molecule has 1 aromatic rings. The number of nitriles is 1. The predicted molar refractivity (Wildman–Crippen MR) is 58.8 cm³/mol. The molecule has 3 heteroatoms. The number of thioether (sulfide) groups is 1. The molecule has 1 unspecified atom stereocenters. The van der Waals surface area contributed by atoms with Crippen LogP contribution >= 0.6 is 11.8 Å². The van der Waals surface area contributed by atoms with Gasteiger partial charge in [-0.1, -0.05) is 6.07 Å². The molecular formula is C11H13NOS. The predicted octanol–water partition coefficient (Wildman–Crippen LogP) is 3.04. The molecule has 1 rings (SSSR count). The van der Waals surface area contributed by atoms with Gasteiger partial charge in [0.2, 0.25) is 0 Å². The first-order valence-electron chi connectivity index (χ1n) is 4.34. The van der Waals surface area contributed by atoms with E-state index in [9.17, 15) is 0 Å². The molecule has 1 atom stereocenters. The van der Waals surface area contributed by atoms with Crippen LogP contribution in [0.3, 0.4) is 0 Å². The highest BCUT2D eigenvalue weighted by Gasteiger charge is 2.09. The largest absolute Gasteiger partial charge is 0.497 e. The Labute approximate surface area is 88.9 Å². The van der Waals surface area contributed by atoms with Gasteiger partial charge in [-0.25, -0.2) is 0 Å². The molecule has 1 aromatic carbocycles. The van der Waals surface area contributed by atoms with Crippen LogP contribution in [0.2, 0.25) is 0 Å². The maximum Gasteiger partial charge on any atom is 0.119 e. The maximum absolute atomic E-state index is 8.84. The Balaban J connectivity index is 3.12. The molecule has 0 bridgehead atoms. The van der Waals surface area contributed by atoms with Crippen molar-refractivity contribution in [2.75, 3.05) is 13.4 Å². The Morgan fingerprint density at radius 1 is 1.50 bits per heavy atom. The molecule has 0 spiro atoms. The number of ether oxygens (including phenoxy) is 1. The van der Waals surface area contributed by atoms with E-state index < -0.39 is 0 Å². The molecular weight excluding hydrogens is 194 g/mol. The number of hydrogen-bond donors (Lipinski definition) is 0. The summed E-state index contributed by atoms with van der Waals surface area (Å²) in [6, 6.07) is 8.05. The minimum absolute atomic E-state index is 0.0663. The first-order chi connectivity index (χ1) is 6.72. The second kappa shape index (κ2) is 4.92. The van der Waals surface area contributed by atoms with Crippen LogP contribution in [0.5, 0.6) is 5.75 Å². The fourth-order valence-corrected chi connectivity index (χ4v) is 1.96. The topological polar surface area (TPSA) is 33.0 Å². The summed E-state index contributed by atoms with van der Waals surface area (Å²) in [5.74, 6) is 0.770. The third kappa shape index (κ3) is 2.21.